The molecule has 1 heterocycles. The average Bonchev–Trinajstić information content (AvgIpc) is 2.79. The molecule has 0 bridgehead atoms. The highest BCUT2D eigenvalue weighted by atomic mass is 16.5. The van der Waals surface area contributed by atoms with Crippen LogP contribution >= 0.6 is 0 Å². The predicted molar refractivity (Wildman–Crippen MR) is 74.4 cm³/mol. The maximum atomic E-state index is 11.8. The topological polar surface area (TPSA) is 53.6 Å². The van der Waals surface area contributed by atoms with Crippen LogP contribution in [-0.4, -0.2) is 44.2 Å². The predicted octanol–water partition coefficient (Wildman–Crippen LogP) is 1.37. The lowest BCUT2D eigenvalue weighted by Crippen LogP contribution is -2.33. The zero-order valence-corrected chi connectivity index (χ0v) is 11.5. The van der Waals surface area contributed by atoms with Crippen LogP contribution in [0.1, 0.15) is 18.5 Å². The summed E-state index contributed by atoms with van der Waals surface area (Å²) in [5.74, 6) is 0.864. The van der Waals surface area contributed by atoms with Crippen molar-refractivity contribution in [2.75, 3.05) is 33.3 Å². The van der Waals surface area contributed by atoms with E-state index < -0.39 is 0 Å². The lowest BCUT2D eigenvalue weighted by Gasteiger charge is -2.14. The van der Waals surface area contributed by atoms with Crippen LogP contribution in [0.5, 0.6) is 5.75 Å². The summed E-state index contributed by atoms with van der Waals surface area (Å²) in [6, 6.07) is 7.99. The zero-order chi connectivity index (χ0) is 13.7. The van der Waals surface area contributed by atoms with Crippen molar-refractivity contribution in [2.45, 2.75) is 13.0 Å². The number of hydrogen-bond acceptors (Lipinski definition) is 3. The van der Waals surface area contributed by atoms with Gasteiger partial charge in [-0.05, 0) is 31.7 Å². The van der Waals surface area contributed by atoms with E-state index in [9.17, 15) is 4.79 Å². The fourth-order valence-electron chi connectivity index (χ4n) is 2.18. The summed E-state index contributed by atoms with van der Waals surface area (Å²) >= 11 is 0. The van der Waals surface area contributed by atoms with Gasteiger partial charge in [-0.25, -0.2) is 4.79 Å². The number of nitrogens with one attached hydrogen (secondary N) is 2. The second kappa shape index (κ2) is 6.43. The van der Waals surface area contributed by atoms with Crippen molar-refractivity contribution >= 4 is 6.03 Å². The number of rotatable bonds is 6. The van der Waals surface area contributed by atoms with Crippen LogP contribution in [0.3, 0.4) is 0 Å². The number of likely N-dealkylation sites (N-methyl/N-ethyl adjacent to an activating group) is 1. The first-order chi connectivity index (χ1) is 9.24. The minimum absolute atomic E-state index is 0.00846. The lowest BCUT2D eigenvalue weighted by atomic mass is 10.1. The third-order valence-electron chi connectivity index (χ3n) is 3.21. The summed E-state index contributed by atoms with van der Waals surface area (Å²) < 4.78 is 5.41. The van der Waals surface area contributed by atoms with Gasteiger partial charge < -0.3 is 20.3 Å². The van der Waals surface area contributed by atoms with Crippen LogP contribution in [0.25, 0.3) is 0 Å². The van der Waals surface area contributed by atoms with Gasteiger partial charge in [0, 0.05) is 19.6 Å². The maximum Gasteiger partial charge on any atom is 0.318 e. The van der Waals surface area contributed by atoms with E-state index in [1.54, 1.807) is 0 Å². The van der Waals surface area contributed by atoms with Gasteiger partial charge in [-0.1, -0.05) is 12.1 Å². The molecular weight excluding hydrogens is 242 g/mol. The van der Waals surface area contributed by atoms with Crippen molar-refractivity contribution in [3.63, 3.8) is 0 Å². The van der Waals surface area contributed by atoms with Crippen molar-refractivity contribution < 1.29 is 9.53 Å². The average molecular weight is 263 g/mol. The van der Waals surface area contributed by atoms with E-state index in [1.807, 2.05) is 43.1 Å². The second-order valence-corrected chi connectivity index (χ2v) is 4.55. The fourth-order valence-corrected chi connectivity index (χ4v) is 2.18. The number of benzene rings is 1. The number of ether oxygens (including phenoxy) is 1. The van der Waals surface area contributed by atoms with Crippen molar-refractivity contribution in [3.05, 3.63) is 29.8 Å². The largest absolute Gasteiger partial charge is 0.494 e. The Morgan fingerprint density at radius 1 is 1.42 bits per heavy atom. The van der Waals surface area contributed by atoms with Crippen LogP contribution in [0.4, 0.5) is 4.79 Å². The fraction of sp³-hybridized carbons (Fsp3) is 0.500. The monoisotopic (exact) mass is 263 g/mol. The van der Waals surface area contributed by atoms with E-state index >= 15 is 0 Å². The molecule has 5 heteroatoms. The molecule has 1 aliphatic heterocycles. The normalized spacial score (nSPS) is 18.5. The Balaban J connectivity index is 1.97. The molecule has 1 atom stereocenters. The maximum absolute atomic E-state index is 11.8. The first kappa shape index (κ1) is 13.7. The van der Waals surface area contributed by atoms with E-state index in [2.05, 4.69) is 10.6 Å². The molecule has 0 aliphatic carbocycles. The molecule has 104 valence electrons. The van der Waals surface area contributed by atoms with E-state index in [4.69, 9.17) is 4.74 Å². The summed E-state index contributed by atoms with van der Waals surface area (Å²) in [7, 11) is 1.89. The van der Waals surface area contributed by atoms with Crippen LogP contribution in [0.15, 0.2) is 24.3 Å². The van der Waals surface area contributed by atoms with E-state index in [-0.39, 0.29) is 12.1 Å². The van der Waals surface area contributed by atoms with Crippen LogP contribution in [0.2, 0.25) is 0 Å². The Morgan fingerprint density at radius 2 is 2.16 bits per heavy atom. The molecule has 0 radical (unpaired) electrons. The Labute approximate surface area is 113 Å². The smallest absolute Gasteiger partial charge is 0.318 e. The Bertz CT molecular complexity index is 419. The molecule has 1 aromatic carbocycles. The number of nitrogens with zero attached hydrogens (tertiary/aromatic N) is 1. The highest BCUT2D eigenvalue weighted by molar-refractivity contribution is 5.77. The number of amides is 2. The third-order valence-corrected chi connectivity index (χ3v) is 3.21. The highest BCUT2D eigenvalue weighted by Gasteiger charge is 2.28. The highest BCUT2D eigenvalue weighted by Crippen LogP contribution is 2.22. The molecule has 1 aromatic rings. The number of carbonyl (C=O) groups is 1. The van der Waals surface area contributed by atoms with E-state index in [0.29, 0.717) is 13.2 Å². The van der Waals surface area contributed by atoms with Crippen molar-refractivity contribution in [2.24, 2.45) is 0 Å². The second-order valence-electron chi connectivity index (χ2n) is 4.55. The summed E-state index contributed by atoms with van der Waals surface area (Å²) in [4.78, 5) is 13.6. The first-order valence-electron chi connectivity index (χ1n) is 6.67. The Kier molecular flexibility index (Phi) is 4.63. The third kappa shape index (κ3) is 3.38. The summed E-state index contributed by atoms with van der Waals surface area (Å²) in [6.07, 6.45) is 0. The molecule has 0 aromatic heterocycles. The van der Waals surface area contributed by atoms with Gasteiger partial charge in [-0.2, -0.15) is 0 Å². The van der Waals surface area contributed by atoms with Gasteiger partial charge >= 0.3 is 6.03 Å². The molecule has 1 unspecified atom stereocenters. The molecule has 0 saturated carbocycles. The van der Waals surface area contributed by atoms with Crippen LogP contribution < -0.4 is 15.4 Å². The van der Waals surface area contributed by atoms with Crippen LogP contribution in [0, 0.1) is 0 Å². The van der Waals surface area contributed by atoms with Gasteiger partial charge in [-0.3, -0.25) is 0 Å². The van der Waals surface area contributed by atoms with Crippen LogP contribution in [-0.2, 0) is 0 Å². The Hall–Kier alpha value is -1.75. The van der Waals surface area contributed by atoms with Gasteiger partial charge in [-0.15, -0.1) is 0 Å². The molecule has 19 heavy (non-hydrogen) atoms. The molecule has 1 aliphatic rings. The number of carbonyl (C=O) groups excluding carboxylic acids is 1. The zero-order valence-electron chi connectivity index (χ0n) is 11.5. The molecule has 1 saturated heterocycles. The molecule has 5 nitrogen and oxygen atoms in total. The van der Waals surface area contributed by atoms with Gasteiger partial charge in [0.15, 0.2) is 0 Å². The van der Waals surface area contributed by atoms with Gasteiger partial charge in [0.1, 0.15) is 5.75 Å². The van der Waals surface area contributed by atoms with Gasteiger partial charge in [0.2, 0.25) is 0 Å². The molecular formula is C14H21N3O2. The molecule has 0 spiro atoms. The van der Waals surface area contributed by atoms with Crippen molar-refractivity contribution in [1.29, 1.82) is 0 Å². The molecule has 2 N–H and O–H groups in total. The first-order valence-corrected chi connectivity index (χ1v) is 6.67. The number of urea groups is 1. The minimum atomic E-state index is 0.00846. The summed E-state index contributed by atoms with van der Waals surface area (Å²) in [6.45, 7) is 4.88. The molecule has 2 amide bonds. The van der Waals surface area contributed by atoms with Crippen molar-refractivity contribution in [1.82, 2.24) is 15.5 Å². The van der Waals surface area contributed by atoms with Gasteiger partial charge in [0.05, 0.1) is 12.6 Å². The molecule has 2 rings (SSSR count). The molecule has 1 fully saturated rings. The van der Waals surface area contributed by atoms with E-state index in [0.717, 1.165) is 24.4 Å². The van der Waals surface area contributed by atoms with E-state index in [1.165, 1.54) is 0 Å². The quantitative estimate of drug-likeness (QED) is 0.815. The minimum Gasteiger partial charge on any atom is -0.494 e. The SMILES string of the molecule is CCOc1ccc(C2CN(CCNC)C(=O)N2)cc1. The Morgan fingerprint density at radius 3 is 2.79 bits per heavy atom. The van der Waals surface area contributed by atoms with Gasteiger partial charge in [0.25, 0.3) is 0 Å². The standard InChI is InChI=1S/C14H21N3O2/c1-3-19-12-6-4-11(5-7-12)13-10-17(9-8-15-2)14(18)16-13/h4-7,13,15H,3,8-10H2,1-2H3,(H,16,18). The lowest BCUT2D eigenvalue weighted by molar-refractivity contribution is 0.218. The summed E-state index contributed by atoms with van der Waals surface area (Å²) in [5.41, 5.74) is 1.11. The summed E-state index contributed by atoms with van der Waals surface area (Å²) in [5, 5.41) is 6.05. The van der Waals surface area contributed by atoms with Crippen molar-refractivity contribution in [3.8, 4) is 5.75 Å². The number of hydrogen-bond donors (Lipinski definition) is 2.